The molecule has 5 atom stereocenters. The standard InChI is InChI=1S/C52H64N4O7/c1-7-8-9-19-30-53-49(60)45(34-39-26-28-41(29-27-39)47(58)40-24-17-12-18-25-40)55-50(61)44(31-36(2)3)54-48(59)42(32-37-20-13-10-14-21-37)35-46(57)43(33-38-22-15-11-16-23-38)56-51(62)63-52(4,5)6/h1,10-18,20-29,36,42-46,57H,8-9,19,30-35H2,2-6H3,(H,53,60)(H,54,59)(H,55,61)(H,56,62)/t42-,43+,44+,45+,46-/m1/s1. The Morgan fingerprint density at radius 1 is 0.635 bits per heavy atom. The number of nitrogens with one attached hydrogen (secondary N) is 4. The van der Waals surface area contributed by atoms with Gasteiger partial charge in [0.1, 0.15) is 17.7 Å². The van der Waals surface area contributed by atoms with Crippen molar-refractivity contribution in [3.8, 4) is 12.3 Å². The van der Waals surface area contributed by atoms with Crippen LogP contribution in [-0.4, -0.2) is 71.1 Å². The number of carbonyl (C=O) groups excluding carboxylic acids is 5. The molecule has 0 aliphatic carbocycles. The van der Waals surface area contributed by atoms with Crippen molar-refractivity contribution in [3.05, 3.63) is 143 Å². The molecule has 4 aromatic carbocycles. The normalized spacial score (nSPS) is 13.6. The molecule has 4 rings (SSSR count). The Hall–Kier alpha value is -6.25. The summed E-state index contributed by atoms with van der Waals surface area (Å²) in [6, 6.07) is 31.9. The van der Waals surface area contributed by atoms with E-state index in [-0.39, 0.29) is 43.8 Å². The van der Waals surface area contributed by atoms with Crippen molar-refractivity contribution in [2.45, 2.75) is 116 Å². The lowest BCUT2D eigenvalue weighted by molar-refractivity contribution is -0.134. The highest BCUT2D eigenvalue weighted by Gasteiger charge is 2.33. The van der Waals surface area contributed by atoms with Crippen LogP contribution in [0.25, 0.3) is 0 Å². The van der Waals surface area contributed by atoms with Crippen LogP contribution in [0.4, 0.5) is 4.79 Å². The molecule has 0 bridgehead atoms. The number of rotatable bonds is 23. The summed E-state index contributed by atoms with van der Waals surface area (Å²) in [5.41, 5.74) is 2.72. The first kappa shape index (κ1) is 49.4. The first-order valence-electron chi connectivity index (χ1n) is 21.9. The highest BCUT2D eigenvalue weighted by molar-refractivity contribution is 6.09. The SMILES string of the molecule is C#CCCCCNC(=O)[C@H](Cc1ccc(C(=O)c2ccccc2)cc1)NC(=O)[C@H](CC(C)C)NC(=O)[C@H](Cc1ccccc1)C[C@@H](O)[C@H](Cc1ccccc1)NC(=O)OC(C)(C)C. The number of aliphatic hydroxyl groups is 1. The van der Waals surface area contributed by atoms with E-state index in [1.54, 1.807) is 69.3 Å². The van der Waals surface area contributed by atoms with Crippen LogP contribution in [0.1, 0.15) is 99.3 Å². The van der Waals surface area contributed by atoms with Crippen LogP contribution in [-0.2, 0) is 38.4 Å². The van der Waals surface area contributed by atoms with Gasteiger partial charge in [0.25, 0.3) is 0 Å². The third-order valence-corrected chi connectivity index (χ3v) is 10.4. The molecular weight excluding hydrogens is 793 g/mol. The highest BCUT2D eigenvalue weighted by Crippen LogP contribution is 2.21. The Bertz CT molecular complexity index is 2100. The zero-order valence-electron chi connectivity index (χ0n) is 37.3. The maximum absolute atomic E-state index is 14.5. The largest absolute Gasteiger partial charge is 0.444 e. The van der Waals surface area contributed by atoms with Crippen molar-refractivity contribution in [2.24, 2.45) is 11.8 Å². The highest BCUT2D eigenvalue weighted by atomic mass is 16.6. The van der Waals surface area contributed by atoms with Crippen LogP contribution in [0.2, 0.25) is 0 Å². The van der Waals surface area contributed by atoms with Crippen molar-refractivity contribution in [1.29, 1.82) is 0 Å². The van der Waals surface area contributed by atoms with Gasteiger partial charge in [0.15, 0.2) is 5.78 Å². The molecule has 0 fully saturated rings. The average Bonchev–Trinajstić information content (AvgIpc) is 3.25. The molecule has 4 amide bonds. The molecule has 0 aliphatic heterocycles. The third kappa shape index (κ3) is 17.6. The summed E-state index contributed by atoms with van der Waals surface area (Å²) in [7, 11) is 0. The van der Waals surface area contributed by atoms with E-state index >= 15 is 0 Å². The summed E-state index contributed by atoms with van der Waals surface area (Å²) < 4.78 is 5.54. The Morgan fingerprint density at radius 3 is 1.75 bits per heavy atom. The minimum atomic E-state index is -1.18. The molecular formula is C52H64N4O7. The van der Waals surface area contributed by atoms with Crippen molar-refractivity contribution < 1.29 is 33.8 Å². The fourth-order valence-corrected chi connectivity index (χ4v) is 7.19. The molecule has 4 aromatic rings. The molecule has 0 radical (unpaired) electrons. The van der Waals surface area contributed by atoms with Gasteiger partial charge in [-0.25, -0.2) is 4.79 Å². The molecule has 334 valence electrons. The zero-order chi connectivity index (χ0) is 45.8. The average molecular weight is 857 g/mol. The lowest BCUT2D eigenvalue weighted by Gasteiger charge is -2.30. The number of alkyl carbamates (subject to hydrolysis) is 1. The first-order valence-corrected chi connectivity index (χ1v) is 21.9. The Kier molecular flexibility index (Phi) is 19.6. The summed E-state index contributed by atoms with van der Waals surface area (Å²) in [6.45, 7) is 9.50. The van der Waals surface area contributed by atoms with Crippen molar-refractivity contribution in [1.82, 2.24) is 21.3 Å². The maximum Gasteiger partial charge on any atom is 0.407 e. The van der Waals surface area contributed by atoms with Gasteiger partial charge in [-0.05, 0) is 81.9 Å². The van der Waals surface area contributed by atoms with Gasteiger partial charge >= 0.3 is 6.09 Å². The van der Waals surface area contributed by atoms with E-state index in [2.05, 4.69) is 27.2 Å². The van der Waals surface area contributed by atoms with Gasteiger partial charge in [0.05, 0.1) is 12.1 Å². The predicted molar refractivity (Wildman–Crippen MR) is 247 cm³/mol. The van der Waals surface area contributed by atoms with E-state index in [9.17, 15) is 29.1 Å². The Labute approximate surface area is 373 Å². The van der Waals surface area contributed by atoms with Gasteiger partial charge in [-0.15, -0.1) is 12.3 Å². The van der Waals surface area contributed by atoms with Crippen LogP contribution >= 0.6 is 0 Å². The maximum atomic E-state index is 14.5. The van der Waals surface area contributed by atoms with Crippen LogP contribution in [0.5, 0.6) is 0 Å². The summed E-state index contributed by atoms with van der Waals surface area (Å²) in [5, 5.41) is 23.5. The zero-order valence-corrected chi connectivity index (χ0v) is 37.3. The molecule has 0 heterocycles. The summed E-state index contributed by atoms with van der Waals surface area (Å²) >= 11 is 0. The number of amides is 4. The number of ether oxygens (including phenoxy) is 1. The molecule has 0 aliphatic rings. The van der Waals surface area contributed by atoms with Crippen molar-refractivity contribution in [2.75, 3.05) is 6.54 Å². The summed E-state index contributed by atoms with van der Waals surface area (Å²) in [6.07, 6.45) is 6.38. The van der Waals surface area contributed by atoms with Gasteiger partial charge in [-0.1, -0.05) is 129 Å². The predicted octanol–water partition coefficient (Wildman–Crippen LogP) is 7.14. The van der Waals surface area contributed by atoms with E-state index in [4.69, 9.17) is 11.2 Å². The fourth-order valence-electron chi connectivity index (χ4n) is 7.19. The number of terminal acetylenes is 1. The third-order valence-electron chi connectivity index (χ3n) is 10.4. The molecule has 0 saturated heterocycles. The number of hydrogen-bond acceptors (Lipinski definition) is 7. The molecule has 0 spiro atoms. The number of benzene rings is 4. The molecule has 11 nitrogen and oxygen atoms in total. The molecule has 0 unspecified atom stereocenters. The molecule has 0 aromatic heterocycles. The molecule has 5 N–H and O–H groups in total. The van der Waals surface area contributed by atoms with E-state index in [0.29, 0.717) is 30.5 Å². The van der Waals surface area contributed by atoms with Crippen molar-refractivity contribution >= 4 is 29.6 Å². The minimum absolute atomic E-state index is 0.0226. The van der Waals surface area contributed by atoms with Crippen LogP contribution in [0.3, 0.4) is 0 Å². The van der Waals surface area contributed by atoms with Gasteiger partial charge in [0.2, 0.25) is 17.7 Å². The van der Waals surface area contributed by atoms with E-state index in [1.807, 2.05) is 80.6 Å². The quantitative estimate of drug-likeness (QED) is 0.0301. The van der Waals surface area contributed by atoms with Crippen LogP contribution in [0, 0.1) is 24.2 Å². The van der Waals surface area contributed by atoms with Gasteiger partial charge in [0, 0.05) is 36.4 Å². The topological polar surface area (TPSA) is 163 Å². The van der Waals surface area contributed by atoms with Crippen molar-refractivity contribution in [3.63, 3.8) is 0 Å². The Balaban J connectivity index is 1.57. The van der Waals surface area contributed by atoms with Crippen LogP contribution < -0.4 is 21.3 Å². The molecule has 63 heavy (non-hydrogen) atoms. The first-order chi connectivity index (χ1) is 30.1. The number of unbranched alkanes of at least 4 members (excludes halogenated alkanes) is 2. The lowest BCUT2D eigenvalue weighted by Crippen LogP contribution is -2.56. The summed E-state index contributed by atoms with van der Waals surface area (Å²) in [4.78, 5) is 68.6. The van der Waals surface area contributed by atoms with Gasteiger partial charge < -0.3 is 31.1 Å². The molecule has 11 heteroatoms. The van der Waals surface area contributed by atoms with E-state index < -0.39 is 59.6 Å². The molecule has 0 saturated carbocycles. The van der Waals surface area contributed by atoms with Gasteiger partial charge in [-0.3, -0.25) is 19.2 Å². The van der Waals surface area contributed by atoms with Crippen LogP contribution in [0.15, 0.2) is 115 Å². The monoisotopic (exact) mass is 856 g/mol. The summed E-state index contributed by atoms with van der Waals surface area (Å²) in [5.74, 6) is 0.247. The number of aliphatic hydroxyl groups excluding tert-OH is 1. The Morgan fingerprint density at radius 2 is 1.17 bits per heavy atom. The number of carbonyl (C=O) groups is 5. The number of hydrogen-bond donors (Lipinski definition) is 5. The second kappa shape index (κ2) is 25.0. The van der Waals surface area contributed by atoms with Gasteiger partial charge in [-0.2, -0.15) is 0 Å². The second-order valence-electron chi connectivity index (χ2n) is 17.4. The minimum Gasteiger partial charge on any atom is -0.444 e. The lowest BCUT2D eigenvalue weighted by atomic mass is 9.88. The van der Waals surface area contributed by atoms with E-state index in [1.165, 1.54) is 0 Å². The second-order valence-corrected chi connectivity index (χ2v) is 17.4. The fraction of sp³-hybridized carbons (Fsp3) is 0.404. The number of ketones is 1. The van der Waals surface area contributed by atoms with E-state index in [0.717, 1.165) is 23.1 Å². The smallest absolute Gasteiger partial charge is 0.407 e.